The van der Waals surface area contributed by atoms with Crippen molar-refractivity contribution in [2.75, 3.05) is 19.6 Å². The Morgan fingerprint density at radius 3 is 2.89 bits per heavy atom. The molecule has 0 radical (unpaired) electrons. The van der Waals surface area contributed by atoms with Crippen LogP contribution in [-0.4, -0.2) is 35.6 Å². The summed E-state index contributed by atoms with van der Waals surface area (Å²) in [6.45, 7) is 9.89. The summed E-state index contributed by atoms with van der Waals surface area (Å²) in [6, 6.07) is 0.680. The second kappa shape index (κ2) is 6.13. The van der Waals surface area contributed by atoms with E-state index in [0.717, 1.165) is 12.3 Å². The maximum atomic E-state index is 5.69. The lowest BCUT2D eigenvalue weighted by Gasteiger charge is -2.19. The fourth-order valence-electron chi connectivity index (χ4n) is 2.51. The predicted octanol–water partition coefficient (Wildman–Crippen LogP) is 2.48. The lowest BCUT2D eigenvalue weighted by Crippen LogP contribution is -2.28. The smallest absolute Gasteiger partial charge is 0.0931 e. The standard InChI is InChI=1S/C14H25N3S/c1-10(2)17-5-4-12(8-17)6-14-16-13(9-18-14)11(3)7-15/h9-12H,4-8,15H2,1-3H3. The molecular weight excluding hydrogens is 242 g/mol. The van der Waals surface area contributed by atoms with Gasteiger partial charge in [-0.3, -0.25) is 0 Å². The van der Waals surface area contributed by atoms with Gasteiger partial charge < -0.3 is 10.6 Å². The number of nitrogens with zero attached hydrogens (tertiary/aromatic N) is 2. The van der Waals surface area contributed by atoms with Crippen LogP contribution in [-0.2, 0) is 6.42 Å². The van der Waals surface area contributed by atoms with Gasteiger partial charge in [-0.1, -0.05) is 6.92 Å². The Labute approximate surface area is 114 Å². The summed E-state index contributed by atoms with van der Waals surface area (Å²) in [5.41, 5.74) is 6.86. The zero-order valence-electron chi connectivity index (χ0n) is 11.7. The third-order valence-electron chi connectivity index (χ3n) is 3.94. The van der Waals surface area contributed by atoms with E-state index in [9.17, 15) is 0 Å². The van der Waals surface area contributed by atoms with Crippen molar-refractivity contribution in [1.82, 2.24) is 9.88 Å². The molecule has 0 saturated carbocycles. The highest BCUT2D eigenvalue weighted by Crippen LogP contribution is 2.25. The maximum absolute atomic E-state index is 5.69. The lowest BCUT2D eigenvalue weighted by atomic mass is 10.1. The van der Waals surface area contributed by atoms with E-state index in [1.54, 1.807) is 11.3 Å². The van der Waals surface area contributed by atoms with Gasteiger partial charge in [0.1, 0.15) is 0 Å². The van der Waals surface area contributed by atoms with Gasteiger partial charge in [0.05, 0.1) is 10.7 Å². The zero-order valence-corrected chi connectivity index (χ0v) is 12.5. The molecule has 1 saturated heterocycles. The maximum Gasteiger partial charge on any atom is 0.0931 e. The van der Waals surface area contributed by atoms with Crippen LogP contribution >= 0.6 is 11.3 Å². The van der Waals surface area contributed by atoms with Gasteiger partial charge in [0, 0.05) is 36.9 Å². The third-order valence-corrected chi connectivity index (χ3v) is 4.83. The van der Waals surface area contributed by atoms with Gasteiger partial charge in [0.15, 0.2) is 0 Å². The van der Waals surface area contributed by atoms with E-state index in [1.165, 1.54) is 30.2 Å². The topological polar surface area (TPSA) is 42.1 Å². The fourth-order valence-corrected chi connectivity index (χ4v) is 3.54. The summed E-state index contributed by atoms with van der Waals surface area (Å²) >= 11 is 1.80. The SMILES string of the molecule is CC(CN)c1csc(CC2CCN(C(C)C)C2)n1. The van der Waals surface area contributed by atoms with Gasteiger partial charge in [0.2, 0.25) is 0 Å². The molecular formula is C14H25N3S. The average Bonchev–Trinajstić information content (AvgIpc) is 2.98. The van der Waals surface area contributed by atoms with E-state index < -0.39 is 0 Å². The molecule has 3 nitrogen and oxygen atoms in total. The van der Waals surface area contributed by atoms with Gasteiger partial charge in [0.25, 0.3) is 0 Å². The monoisotopic (exact) mass is 267 g/mol. The number of hydrogen-bond donors (Lipinski definition) is 1. The van der Waals surface area contributed by atoms with Crippen molar-refractivity contribution in [3.63, 3.8) is 0 Å². The number of aromatic nitrogens is 1. The molecule has 0 aliphatic carbocycles. The van der Waals surface area contributed by atoms with Crippen LogP contribution in [0.2, 0.25) is 0 Å². The minimum atomic E-state index is 0.394. The minimum absolute atomic E-state index is 0.394. The van der Waals surface area contributed by atoms with Gasteiger partial charge in [-0.2, -0.15) is 0 Å². The van der Waals surface area contributed by atoms with Crippen molar-refractivity contribution >= 4 is 11.3 Å². The van der Waals surface area contributed by atoms with Gasteiger partial charge in [-0.05, 0) is 32.7 Å². The molecule has 2 heterocycles. The van der Waals surface area contributed by atoms with Crippen LogP contribution in [0.1, 0.15) is 43.8 Å². The fraction of sp³-hybridized carbons (Fsp3) is 0.786. The summed E-state index contributed by atoms with van der Waals surface area (Å²) in [7, 11) is 0. The number of likely N-dealkylation sites (tertiary alicyclic amines) is 1. The van der Waals surface area contributed by atoms with E-state index in [2.05, 4.69) is 31.1 Å². The van der Waals surface area contributed by atoms with Crippen LogP contribution in [0.3, 0.4) is 0 Å². The first-order valence-electron chi connectivity index (χ1n) is 6.98. The molecule has 0 spiro atoms. The molecule has 102 valence electrons. The number of hydrogen-bond acceptors (Lipinski definition) is 4. The second-order valence-corrected chi connectivity index (χ2v) is 6.69. The van der Waals surface area contributed by atoms with E-state index in [-0.39, 0.29) is 0 Å². The Hall–Kier alpha value is -0.450. The second-order valence-electron chi connectivity index (χ2n) is 5.75. The molecule has 2 N–H and O–H groups in total. The summed E-state index contributed by atoms with van der Waals surface area (Å²) in [4.78, 5) is 7.31. The molecule has 1 fully saturated rings. The van der Waals surface area contributed by atoms with E-state index in [4.69, 9.17) is 10.7 Å². The lowest BCUT2D eigenvalue weighted by molar-refractivity contribution is 0.265. The average molecular weight is 267 g/mol. The Kier molecular flexibility index (Phi) is 4.76. The molecule has 0 aromatic carbocycles. The van der Waals surface area contributed by atoms with E-state index >= 15 is 0 Å². The highest BCUT2D eigenvalue weighted by molar-refractivity contribution is 7.09. The van der Waals surface area contributed by atoms with Crippen molar-refractivity contribution in [1.29, 1.82) is 0 Å². The van der Waals surface area contributed by atoms with Crippen LogP contribution in [0.25, 0.3) is 0 Å². The first kappa shape index (κ1) is 14.0. The number of nitrogens with two attached hydrogens (primary N) is 1. The molecule has 1 aromatic heterocycles. The van der Waals surface area contributed by atoms with Crippen molar-refractivity contribution in [2.45, 2.75) is 45.6 Å². The van der Waals surface area contributed by atoms with Crippen molar-refractivity contribution in [2.24, 2.45) is 11.7 Å². The van der Waals surface area contributed by atoms with Crippen LogP contribution in [0.5, 0.6) is 0 Å². The van der Waals surface area contributed by atoms with Gasteiger partial charge >= 0.3 is 0 Å². The molecule has 0 amide bonds. The molecule has 2 rings (SSSR count). The van der Waals surface area contributed by atoms with Crippen LogP contribution in [0.15, 0.2) is 5.38 Å². The normalized spacial score (nSPS) is 22.8. The summed E-state index contributed by atoms with van der Waals surface area (Å²) in [6.07, 6.45) is 2.46. The zero-order chi connectivity index (χ0) is 13.1. The van der Waals surface area contributed by atoms with E-state index in [1.807, 2.05) is 0 Å². The minimum Gasteiger partial charge on any atom is -0.330 e. The van der Waals surface area contributed by atoms with Gasteiger partial charge in [-0.15, -0.1) is 11.3 Å². The summed E-state index contributed by atoms with van der Waals surface area (Å²) in [5, 5.41) is 3.48. The molecule has 0 bridgehead atoms. The van der Waals surface area contributed by atoms with E-state index in [0.29, 0.717) is 18.5 Å². The highest BCUT2D eigenvalue weighted by atomic mass is 32.1. The molecule has 4 heteroatoms. The molecule has 2 unspecified atom stereocenters. The van der Waals surface area contributed by atoms with Crippen molar-refractivity contribution < 1.29 is 0 Å². The Bertz CT molecular complexity index is 375. The summed E-state index contributed by atoms with van der Waals surface area (Å²) in [5.74, 6) is 1.19. The quantitative estimate of drug-likeness (QED) is 0.891. The third kappa shape index (κ3) is 3.31. The predicted molar refractivity (Wildman–Crippen MR) is 78.1 cm³/mol. The van der Waals surface area contributed by atoms with Crippen LogP contribution in [0.4, 0.5) is 0 Å². The molecule has 18 heavy (non-hydrogen) atoms. The largest absolute Gasteiger partial charge is 0.330 e. The molecule has 2 atom stereocenters. The van der Waals surface area contributed by atoms with Crippen LogP contribution in [0, 0.1) is 5.92 Å². The first-order chi connectivity index (χ1) is 8.60. The van der Waals surface area contributed by atoms with Crippen molar-refractivity contribution in [3.05, 3.63) is 16.1 Å². The van der Waals surface area contributed by atoms with Gasteiger partial charge in [-0.25, -0.2) is 4.98 Å². The molecule has 1 aromatic rings. The molecule has 1 aliphatic rings. The Morgan fingerprint density at radius 1 is 1.50 bits per heavy atom. The Balaban J connectivity index is 1.89. The Morgan fingerprint density at radius 2 is 2.28 bits per heavy atom. The van der Waals surface area contributed by atoms with Crippen LogP contribution < -0.4 is 5.73 Å². The summed E-state index contributed by atoms with van der Waals surface area (Å²) < 4.78 is 0. The first-order valence-corrected chi connectivity index (χ1v) is 7.86. The molecule has 1 aliphatic heterocycles. The number of rotatable bonds is 5. The highest BCUT2D eigenvalue weighted by Gasteiger charge is 2.25. The van der Waals surface area contributed by atoms with Crippen molar-refractivity contribution in [3.8, 4) is 0 Å². The number of thiazole rings is 1.